The molecule has 0 aromatic carbocycles. The Balaban J connectivity index is 4.50. The molecule has 0 fully saturated rings. The maximum absolute atomic E-state index is 10.8. The standard InChI is InChI=1S/C6H15O3P/c1-4-6(3,5-2)10(7,8)9/h4-5H2,1-3H3,(H2,7,8,9). The second-order valence-corrected chi connectivity index (χ2v) is 4.92. The predicted molar refractivity (Wildman–Crippen MR) is 41.0 cm³/mol. The monoisotopic (exact) mass is 166 g/mol. The van der Waals surface area contributed by atoms with Gasteiger partial charge in [-0.1, -0.05) is 13.8 Å². The van der Waals surface area contributed by atoms with Crippen molar-refractivity contribution in [1.29, 1.82) is 0 Å². The topological polar surface area (TPSA) is 57.5 Å². The summed E-state index contributed by atoms with van der Waals surface area (Å²) < 4.78 is 10.8. The summed E-state index contributed by atoms with van der Waals surface area (Å²) in [5, 5.41) is -0.812. The van der Waals surface area contributed by atoms with Crippen LogP contribution in [0.3, 0.4) is 0 Å². The fourth-order valence-corrected chi connectivity index (χ4v) is 1.49. The van der Waals surface area contributed by atoms with E-state index in [-0.39, 0.29) is 0 Å². The van der Waals surface area contributed by atoms with Crippen LogP contribution in [0.5, 0.6) is 0 Å². The van der Waals surface area contributed by atoms with Gasteiger partial charge in [0.15, 0.2) is 0 Å². The van der Waals surface area contributed by atoms with E-state index in [1.807, 2.05) is 0 Å². The van der Waals surface area contributed by atoms with Crippen LogP contribution in [0.15, 0.2) is 0 Å². The summed E-state index contributed by atoms with van der Waals surface area (Å²) in [6, 6.07) is 0. The van der Waals surface area contributed by atoms with Crippen molar-refractivity contribution in [3.63, 3.8) is 0 Å². The lowest BCUT2D eigenvalue weighted by molar-refractivity contribution is 0.322. The molecule has 2 N–H and O–H groups in total. The Bertz CT molecular complexity index is 145. The normalized spacial score (nSPS) is 13.7. The molecule has 0 aromatic heterocycles. The molecule has 0 spiro atoms. The largest absolute Gasteiger partial charge is 0.331 e. The van der Waals surface area contributed by atoms with Crippen molar-refractivity contribution in [1.82, 2.24) is 0 Å². The highest BCUT2D eigenvalue weighted by Crippen LogP contribution is 2.53. The second-order valence-electron chi connectivity index (χ2n) is 2.75. The molecule has 0 amide bonds. The van der Waals surface area contributed by atoms with Crippen molar-refractivity contribution in [3.05, 3.63) is 0 Å². The molecule has 10 heavy (non-hydrogen) atoms. The van der Waals surface area contributed by atoms with Crippen molar-refractivity contribution in [2.24, 2.45) is 0 Å². The van der Waals surface area contributed by atoms with E-state index in [1.165, 1.54) is 0 Å². The minimum absolute atomic E-state index is 0.522. The molecule has 0 aliphatic carbocycles. The Labute approximate surface area is 61.6 Å². The quantitative estimate of drug-likeness (QED) is 0.628. The van der Waals surface area contributed by atoms with Gasteiger partial charge in [0.1, 0.15) is 0 Å². The van der Waals surface area contributed by atoms with Gasteiger partial charge in [-0.25, -0.2) is 0 Å². The van der Waals surface area contributed by atoms with Gasteiger partial charge < -0.3 is 9.79 Å². The summed E-state index contributed by atoms with van der Waals surface area (Å²) in [4.78, 5) is 17.7. The van der Waals surface area contributed by atoms with Crippen LogP contribution in [0.2, 0.25) is 0 Å². The Hall–Kier alpha value is 0.150. The van der Waals surface area contributed by atoms with E-state index in [1.54, 1.807) is 20.8 Å². The highest BCUT2D eigenvalue weighted by atomic mass is 31.2. The summed E-state index contributed by atoms with van der Waals surface area (Å²) in [5.41, 5.74) is 0. The van der Waals surface area contributed by atoms with Gasteiger partial charge in [0.05, 0.1) is 5.16 Å². The lowest BCUT2D eigenvalue weighted by atomic mass is 10.1. The molecule has 0 saturated heterocycles. The maximum atomic E-state index is 10.8. The van der Waals surface area contributed by atoms with Gasteiger partial charge >= 0.3 is 7.60 Å². The Morgan fingerprint density at radius 2 is 1.60 bits per heavy atom. The van der Waals surface area contributed by atoms with Crippen LogP contribution >= 0.6 is 7.60 Å². The average molecular weight is 166 g/mol. The zero-order valence-corrected chi connectivity index (χ0v) is 7.56. The first kappa shape index (κ1) is 10.2. The molecule has 0 unspecified atom stereocenters. The molecule has 0 bridgehead atoms. The second kappa shape index (κ2) is 3.04. The van der Waals surface area contributed by atoms with Gasteiger partial charge in [-0.2, -0.15) is 0 Å². The van der Waals surface area contributed by atoms with E-state index in [4.69, 9.17) is 9.79 Å². The highest BCUT2D eigenvalue weighted by molar-refractivity contribution is 7.53. The SMILES string of the molecule is CCC(C)(CC)P(=O)(O)O. The molecule has 0 radical (unpaired) electrons. The van der Waals surface area contributed by atoms with Gasteiger partial charge in [0.2, 0.25) is 0 Å². The van der Waals surface area contributed by atoms with Crippen LogP contribution in [0, 0.1) is 0 Å². The summed E-state index contributed by atoms with van der Waals surface area (Å²) >= 11 is 0. The first-order valence-corrected chi connectivity index (χ1v) is 5.04. The molecule has 0 saturated carbocycles. The molecule has 0 aromatic rings. The zero-order valence-electron chi connectivity index (χ0n) is 6.66. The fraction of sp³-hybridized carbons (Fsp3) is 1.00. The molecule has 0 heterocycles. The minimum atomic E-state index is -3.89. The smallest absolute Gasteiger partial charge is 0.324 e. The molecule has 4 heteroatoms. The van der Waals surface area contributed by atoms with Crippen LogP contribution in [-0.2, 0) is 4.57 Å². The van der Waals surface area contributed by atoms with Gasteiger partial charge in [0, 0.05) is 0 Å². The first-order valence-electron chi connectivity index (χ1n) is 3.43. The van der Waals surface area contributed by atoms with Crippen LogP contribution < -0.4 is 0 Å². The van der Waals surface area contributed by atoms with E-state index in [2.05, 4.69) is 0 Å². The number of hydrogen-bond acceptors (Lipinski definition) is 1. The van der Waals surface area contributed by atoms with E-state index in [0.717, 1.165) is 0 Å². The minimum Gasteiger partial charge on any atom is -0.324 e. The van der Waals surface area contributed by atoms with Gasteiger partial charge in [0.25, 0.3) is 0 Å². The van der Waals surface area contributed by atoms with Crippen LogP contribution in [0.1, 0.15) is 33.6 Å². The predicted octanol–water partition coefficient (Wildman–Crippen LogP) is 1.74. The third-order valence-corrected chi connectivity index (χ3v) is 4.27. The molecule has 0 rings (SSSR count). The van der Waals surface area contributed by atoms with Crippen LogP contribution in [-0.4, -0.2) is 14.9 Å². The Kier molecular flexibility index (Phi) is 3.08. The molecule has 0 aliphatic heterocycles. The molecular weight excluding hydrogens is 151 g/mol. The lowest BCUT2D eigenvalue weighted by Gasteiger charge is -2.27. The van der Waals surface area contributed by atoms with Crippen molar-refractivity contribution in [3.8, 4) is 0 Å². The average Bonchev–Trinajstić information content (AvgIpc) is 1.84. The third-order valence-electron chi connectivity index (χ3n) is 2.23. The maximum Gasteiger partial charge on any atom is 0.331 e. The van der Waals surface area contributed by atoms with E-state index in [0.29, 0.717) is 12.8 Å². The van der Waals surface area contributed by atoms with E-state index in [9.17, 15) is 4.57 Å². The highest BCUT2D eigenvalue weighted by Gasteiger charge is 2.38. The molecule has 3 nitrogen and oxygen atoms in total. The summed E-state index contributed by atoms with van der Waals surface area (Å²) in [7, 11) is -3.89. The third kappa shape index (κ3) is 1.82. The summed E-state index contributed by atoms with van der Waals surface area (Å²) in [5.74, 6) is 0. The summed E-state index contributed by atoms with van der Waals surface area (Å²) in [6.45, 7) is 5.21. The van der Waals surface area contributed by atoms with Crippen LogP contribution in [0.4, 0.5) is 0 Å². The number of rotatable bonds is 3. The van der Waals surface area contributed by atoms with Gasteiger partial charge in [-0.3, -0.25) is 4.57 Å². The van der Waals surface area contributed by atoms with Crippen molar-refractivity contribution in [2.75, 3.05) is 0 Å². The number of hydrogen-bond donors (Lipinski definition) is 2. The van der Waals surface area contributed by atoms with Crippen molar-refractivity contribution >= 4 is 7.60 Å². The Morgan fingerprint density at radius 1 is 1.30 bits per heavy atom. The van der Waals surface area contributed by atoms with Crippen molar-refractivity contribution < 1.29 is 14.4 Å². The van der Waals surface area contributed by atoms with Crippen LogP contribution in [0.25, 0.3) is 0 Å². The van der Waals surface area contributed by atoms with Crippen molar-refractivity contribution in [2.45, 2.75) is 38.8 Å². The lowest BCUT2D eigenvalue weighted by Crippen LogP contribution is -2.22. The fourth-order valence-electron chi connectivity index (χ4n) is 0.662. The Morgan fingerprint density at radius 3 is 1.60 bits per heavy atom. The molecule has 0 atom stereocenters. The summed E-state index contributed by atoms with van der Waals surface area (Å²) in [6.07, 6.45) is 1.04. The zero-order chi connectivity index (χ0) is 8.41. The molecule has 62 valence electrons. The van der Waals surface area contributed by atoms with E-state index >= 15 is 0 Å². The van der Waals surface area contributed by atoms with Gasteiger partial charge in [-0.05, 0) is 19.8 Å². The van der Waals surface area contributed by atoms with Gasteiger partial charge in [-0.15, -0.1) is 0 Å². The molecule has 0 aliphatic rings. The molecular formula is C6H15O3P. The first-order chi connectivity index (χ1) is 4.37. The van der Waals surface area contributed by atoms with E-state index < -0.39 is 12.8 Å².